The van der Waals surface area contributed by atoms with Gasteiger partial charge in [0.15, 0.2) is 0 Å². The third-order valence-corrected chi connectivity index (χ3v) is 6.80. The quantitative estimate of drug-likeness (QED) is 0.419. The van der Waals surface area contributed by atoms with Crippen molar-refractivity contribution in [2.45, 2.75) is 32.9 Å². The molecule has 0 N–H and O–H groups in total. The number of hydrogen-bond acceptors (Lipinski definition) is 5. The highest BCUT2D eigenvalue weighted by molar-refractivity contribution is 7.18. The molecule has 1 atom stereocenters. The molecule has 2 aromatic heterocycles. The van der Waals surface area contributed by atoms with Crippen LogP contribution in [0.25, 0.3) is 21.3 Å². The Morgan fingerprint density at radius 3 is 2.50 bits per heavy atom. The smallest absolute Gasteiger partial charge is 0.301 e. The summed E-state index contributed by atoms with van der Waals surface area (Å²) in [5.74, 6) is 0. The van der Waals surface area contributed by atoms with E-state index in [-0.39, 0.29) is 6.54 Å². The second kappa shape index (κ2) is 8.77. The van der Waals surface area contributed by atoms with Gasteiger partial charge in [-0.2, -0.15) is 5.26 Å². The molecule has 0 aliphatic carbocycles. The second-order valence-corrected chi connectivity index (χ2v) is 8.68. The monoisotopic (exact) mass is 443 g/mol. The molecule has 2 heterocycles. The molecule has 6 nitrogen and oxygen atoms in total. The normalized spacial score (nSPS) is 11.9. The van der Waals surface area contributed by atoms with Gasteiger partial charge in [-0.25, -0.2) is 9.36 Å². The zero-order chi connectivity index (χ0) is 22.8. The predicted octanol–water partition coefficient (Wildman–Crippen LogP) is 4.13. The summed E-state index contributed by atoms with van der Waals surface area (Å²) < 4.78 is 2.60. The number of hydrogen-bond donors (Lipinski definition) is 0. The van der Waals surface area contributed by atoms with Gasteiger partial charge >= 0.3 is 5.69 Å². The van der Waals surface area contributed by atoms with Crippen molar-refractivity contribution in [3.8, 4) is 17.2 Å². The van der Waals surface area contributed by atoms with Crippen LogP contribution in [0.15, 0.2) is 64.2 Å². The molecule has 4 aromatic rings. The van der Waals surface area contributed by atoms with Crippen LogP contribution in [0.2, 0.25) is 0 Å². The maximum atomic E-state index is 13.2. The summed E-state index contributed by atoms with van der Waals surface area (Å²) in [5.41, 5.74) is 2.30. The summed E-state index contributed by atoms with van der Waals surface area (Å²) in [5, 5.41) is 9.81. The lowest BCUT2D eigenvalue weighted by atomic mass is 9.99. The Morgan fingerprint density at radius 1 is 1.12 bits per heavy atom. The Bertz CT molecular complexity index is 1470. The van der Waals surface area contributed by atoms with Crippen LogP contribution in [0.5, 0.6) is 0 Å². The van der Waals surface area contributed by atoms with Crippen molar-refractivity contribution in [1.29, 1.82) is 5.26 Å². The van der Waals surface area contributed by atoms with Crippen molar-refractivity contribution in [2.24, 2.45) is 0 Å². The number of carbonyl (C=O) groups is 1. The molecule has 7 heteroatoms. The Morgan fingerprint density at radius 2 is 1.84 bits per heavy atom. The molecule has 4 rings (SSSR count). The molecule has 0 radical (unpaired) electrons. The number of thiophene rings is 1. The van der Waals surface area contributed by atoms with E-state index >= 15 is 0 Å². The summed E-state index contributed by atoms with van der Waals surface area (Å²) in [6.07, 6.45) is 1.36. The van der Waals surface area contributed by atoms with Crippen LogP contribution >= 0.6 is 11.3 Å². The molecule has 0 saturated carbocycles. The molecule has 0 amide bonds. The summed E-state index contributed by atoms with van der Waals surface area (Å²) in [4.78, 5) is 39.1. The number of aldehydes is 1. The van der Waals surface area contributed by atoms with E-state index in [1.54, 1.807) is 17.6 Å². The Labute approximate surface area is 188 Å². The highest BCUT2D eigenvalue weighted by Gasteiger charge is 2.19. The number of nitriles is 1. The number of fused-ring (bicyclic) bond motifs is 1. The summed E-state index contributed by atoms with van der Waals surface area (Å²) in [6, 6.07) is 18.2. The van der Waals surface area contributed by atoms with E-state index in [2.05, 4.69) is 6.07 Å². The average molecular weight is 444 g/mol. The van der Waals surface area contributed by atoms with Crippen molar-refractivity contribution in [3.63, 3.8) is 0 Å². The molecule has 0 spiro atoms. The van der Waals surface area contributed by atoms with Crippen molar-refractivity contribution < 1.29 is 4.79 Å². The molecule has 160 valence electrons. The molecule has 0 saturated heterocycles. The van der Waals surface area contributed by atoms with E-state index in [9.17, 15) is 19.6 Å². The zero-order valence-corrected chi connectivity index (χ0v) is 18.6. The van der Waals surface area contributed by atoms with Crippen LogP contribution in [-0.4, -0.2) is 15.4 Å². The van der Waals surface area contributed by atoms with Gasteiger partial charge in [0.1, 0.15) is 11.1 Å². The fraction of sp³-hybridized carbons (Fsp3) is 0.200. The average Bonchev–Trinajstić information content (AvgIpc) is 3.27. The molecular weight excluding hydrogens is 422 g/mol. The van der Waals surface area contributed by atoms with Crippen LogP contribution in [0.1, 0.15) is 35.9 Å². The Kier molecular flexibility index (Phi) is 5.89. The minimum absolute atomic E-state index is 0.269. The third kappa shape index (κ3) is 3.70. The molecular formula is C25H21N3O3S. The van der Waals surface area contributed by atoms with Crippen LogP contribution < -0.4 is 11.2 Å². The van der Waals surface area contributed by atoms with Gasteiger partial charge in [0, 0.05) is 4.88 Å². The topological polar surface area (TPSA) is 84.9 Å². The maximum Gasteiger partial charge on any atom is 0.333 e. The highest BCUT2D eigenvalue weighted by Crippen LogP contribution is 2.26. The van der Waals surface area contributed by atoms with Gasteiger partial charge in [0.05, 0.1) is 29.6 Å². The van der Waals surface area contributed by atoms with Crippen molar-refractivity contribution in [2.75, 3.05) is 0 Å². The van der Waals surface area contributed by atoms with Crippen molar-refractivity contribution >= 4 is 27.8 Å². The molecule has 1 unspecified atom stereocenters. The maximum absolute atomic E-state index is 13.2. The SMILES string of the molecule is CCc1cc2c(=O)n(C(C)C=O)c(=O)n(Cc3ccc(-c4ccccc4C#N)cc3)c2s1. The minimum Gasteiger partial charge on any atom is -0.301 e. The van der Waals surface area contributed by atoms with Crippen LogP contribution in [0, 0.1) is 11.3 Å². The first-order chi connectivity index (χ1) is 15.5. The molecule has 0 bridgehead atoms. The molecule has 32 heavy (non-hydrogen) atoms. The van der Waals surface area contributed by atoms with E-state index in [0.717, 1.165) is 32.6 Å². The van der Waals surface area contributed by atoms with Gasteiger partial charge in [-0.05, 0) is 42.2 Å². The van der Waals surface area contributed by atoms with E-state index in [1.165, 1.54) is 11.3 Å². The summed E-state index contributed by atoms with van der Waals surface area (Å²) >= 11 is 1.43. The molecule has 0 aliphatic rings. The predicted molar refractivity (Wildman–Crippen MR) is 126 cm³/mol. The van der Waals surface area contributed by atoms with Crippen LogP contribution in [0.4, 0.5) is 0 Å². The van der Waals surface area contributed by atoms with Crippen LogP contribution in [-0.2, 0) is 17.8 Å². The highest BCUT2D eigenvalue weighted by atomic mass is 32.1. The lowest BCUT2D eigenvalue weighted by molar-refractivity contribution is -0.110. The largest absolute Gasteiger partial charge is 0.333 e. The van der Waals surface area contributed by atoms with Crippen molar-refractivity contribution in [3.05, 3.63) is 91.4 Å². The fourth-order valence-electron chi connectivity index (χ4n) is 3.76. The van der Waals surface area contributed by atoms with Gasteiger partial charge in [-0.3, -0.25) is 9.36 Å². The lowest BCUT2D eigenvalue weighted by Gasteiger charge is -2.14. The first-order valence-corrected chi connectivity index (χ1v) is 11.1. The van der Waals surface area contributed by atoms with E-state index in [4.69, 9.17) is 0 Å². The number of benzene rings is 2. The lowest BCUT2D eigenvalue weighted by Crippen LogP contribution is -2.41. The van der Waals surface area contributed by atoms with Gasteiger partial charge in [-0.15, -0.1) is 11.3 Å². The number of nitrogens with zero attached hydrogens (tertiary/aromatic N) is 3. The third-order valence-electron chi connectivity index (χ3n) is 5.50. The van der Waals surface area contributed by atoms with Crippen LogP contribution in [0.3, 0.4) is 0 Å². The molecule has 2 aromatic carbocycles. The zero-order valence-electron chi connectivity index (χ0n) is 17.7. The number of aryl methyl sites for hydroxylation is 1. The minimum atomic E-state index is -0.847. The second-order valence-electron chi connectivity index (χ2n) is 7.56. The standard InChI is InChI=1S/C25H21N3O3S/c1-3-20-12-22-23(30)28(16(2)15-29)25(31)27(24(22)32-20)14-17-8-10-18(11-9-17)21-7-5-4-6-19(21)13-26/h4-12,15-16H,3,14H2,1-2H3. The Hall–Kier alpha value is -3.76. The van der Waals surface area contributed by atoms with Gasteiger partial charge < -0.3 is 4.79 Å². The number of carbonyl (C=O) groups excluding carboxylic acids is 1. The van der Waals surface area contributed by atoms with E-state index in [0.29, 0.717) is 22.1 Å². The van der Waals surface area contributed by atoms with Crippen molar-refractivity contribution in [1.82, 2.24) is 9.13 Å². The van der Waals surface area contributed by atoms with E-state index in [1.807, 2.05) is 55.5 Å². The molecule has 0 fully saturated rings. The van der Waals surface area contributed by atoms with Gasteiger partial charge in [0.25, 0.3) is 5.56 Å². The first kappa shape index (κ1) is 21.5. The first-order valence-electron chi connectivity index (χ1n) is 10.3. The summed E-state index contributed by atoms with van der Waals surface area (Å²) in [7, 11) is 0. The number of aromatic nitrogens is 2. The fourth-order valence-corrected chi connectivity index (χ4v) is 4.84. The number of rotatable bonds is 6. The van der Waals surface area contributed by atoms with Gasteiger partial charge in [-0.1, -0.05) is 49.4 Å². The summed E-state index contributed by atoms with van der Waals surface area (Å²) in [6.45, 7) is 3.81. The van der Waals surface area contributed by atoms with Gasteiger partial charge in [0.2, 0.25) is 0 Å². The Balaban J connectivity index is 1.81. The molecule has 0 aliphatic heterocycles. The van der Waals surface area contributed by atoms with E-state index < -0.39 is 17.3 Å².